The van der Waals surface area contributed by atoms with Crippen LogP contribution < -0.4 is 10.6 Å². The molecule has 0 radical (unpaired) electrons. The van der Waals surface area contributed by atoms with Gasteiger partial charge in [-0.05, 0) is 31.4 Å². The Morgan fingerprint density at radius 2 is 2.16 bits per heavy atom. The van der Waals surface area contributed by atoms with Crippen molar-refractivity contribution in [1.82, 2.24) is 5.32 Å². The zero-order valence-electron chi connectivity index (χ0n) is 11.2. The smallest absolute Gasteiger partial charge is 0.341 e. The minimum atomic E-state index is -0.363. The number of aryl methyl sites for hydroxylation is 1. The number of ether oxygens (including phenoxy) is 1. The van der Waals surface area contributed by atoms with E-state index in [2.05, 4.69) is 10.6 Å². The molecule has 104 valence electrons. The first-order valence-corrected chi connectivity index (χ1v) is 7.22. The number of hydrogen-bond acceptors (Lipinski definition) is 5. The van der Waals surface area contributed by atoms with Crippen LogP contribution in [0.3, 0.4) is 0 Å². The molecule has 0 aliphatic heterocycles. The highest BCUT2D eigenvalue weighted by Crippen LogP contribution is 2.39. The van der Waals surface area contributed by atoms with Crippen LogP contribution in [0.25, 0.3) is 0 Å². The average molecular weight is 282 g/mol. The molecule has 1 aromatic rings. The Labute approximate surface area is 116 Å². The van der Waals surface area contributed by atoms with Crippen molar-refractivity contribution in [2.45, 2.75) is 26.2 Å². The summed E-state index contributed by atoms with van der Waals surface area (Å²) in [6.07, 6.45) is 2.93. The lowest BCUT2D eigenvalue weighted by Gasteiger charge is -2.07. The first kappa shape index (κ1) is 14.0. The van der Waals surface area contributed by atoms with E-state index in [9.17, 15) is 9.59 Å². The molecule has 1 aromatic heterocycles. The number of thiophene rings is 1. The van der Waals surface area contributed by atoms with Gasteiger partial charge in [-0.1, -0.05) is 6.92 Å². The van der Waals surface area contributed by atoms with Crippen LogP contribution >= 0.6 is 11.3 Å². The number of hydrogen-bond donors (Lipinski definition) is 2. The van der Waals surface area contributed by atoms with E-state index < -0.39 is 0 Å². The third-order valence-electron chi connectivity index (χ3n) is 3.10. The molecule has 0 bridgehead atoms. The van der Waals surface area contributed by atoms with Crippen molar-refractivity contribution in [3.05, 3.63) is 16.0 Å². The highest BCUT2D eigenvalue weighted by Gasteiger charge is 2.27. The van der Waals surface area contributed by atoms with Crippen molar-refractivity contribution in [1.29, 1.82) is 0 Å². The topological polar surface area (TPSA) is 67.4 Å². The van der Waals surface area contributed by atoms with Crippen LogP contribution in [0, 0.1) is 0 Å². The molecular weight excluding hydrogens is 264 g/mol. The zero-order valence-corrected chi connectivity index (χ0v) is 12.0. The first-order valence-electron chi connectivity index (χ1n) is 6.40. The third kappa shape index (κ3) is 2.96. The van der Waals surface area contributed by atoms with Crippen LogP contribution in [0.4, 0.5) is 5.00 Å². The van der Waals surface area contributed by atoms with Crippen LogP contribution in [0.2, 0.25) is 0 Å². The Hall–Kier alpha value is -1.40. The second kappa shape index (κ2) is 6.16. The number of amides is 1. The van der Waals surface area contributed by atoms with Crippen molar-refractivity contribution >= 4 is 28.2 Å². The predicted octanol–water partition coefficient (Wildman–Crippen LogP) is 1.57. The van der Waals surface area contributed by atoms with Crippen LogP contribution in [-0.4, -0.2) is 32.1 Å². The van der Waals surface area contributed by atoms with E-state index >= 15 is 0 Å². The van der Waals surface area contributed by atoms with Crippen molar-refractivity contribution in [3.8, 4) is 0 Å². The summed E-state index contributed by atoms with van der Waals surface area (Å²) in [5.74, 6) is -0.495. The van der Waals surface area contributed by atoms with Gasteiger partial charge in [0.2, 0.25) is 5.91 Å². The molecule has 0 saturated heterocycles. The summed E-state index contributed by atoms with van der Waals surface area (Å²) in [5.41, 5.74) is 1.60. The Morgan fingerprint density at radius 3 is 2.84 bits per heavy atom. The summed E-state index contributed by atoms with van der Waals surface area (Å²) in [5, 5.41) is 6.39. The zero-order chi connectivity index (χ0) is 13.8. The summed E-state index contributed by atoms with van der Waals surface area (Å²) in [7, 11) is 1.37. The SMILES string of the molecule is CCNCC(=O)Nc1sc2c(c1C(=O)OC)CCC2. The molecule has 1 heterocycles. The number of anilines is 1. The molecule has 2 rings (SSSR count). The Kier molecular flexibility index (Phi) is 4.55. The van der Waals surface area contributed by atoms with Crippen LogP contribution in [0.5, 0.6) is 0 Å². The molecule has 0 unspecified atom stereocenters. The molecular formula is C13H18N2O3S. The summed E-state index contributed by atoms with van der Waals surface area (Å²) in [6, 6.07) is 0. The van der Waals surface area contributed by atoms with Gasteiger partial charge in [-0.25, -0.2) is 4.79 Å². The van der Waals surface area contributed by atoms with Crippen molar-refractivity contribution in [2.75, 3.05) is 25.5 Å². The highest BCUT2D eigenvalue weighted by molar-refractivity contribution is 7.17. The minimum Gasteiger partial charge on any atom is -0.465 e. The standard InChI is InChI=1S/C13H18N2O3S/c1-3-14-7-10(16)15-12-11(13(17)18-2)8-5-4-6-9(8)19-12/h14H,3-7H2,1-2H3,(H,15,16). The van der Waals surface area contributed by atoms with Gasteiger partial charge in [-0.2, -0.15) is 0 Å². The number of carbonyl (C=O) groups excluding carboxylic acids is 2. The Morgan fingerprint density at radius 1 is 1.37 bits per heavy atom. The van der Waals surface area contributed by atoms with Crippen LogP contribution in [0.1, 0.15) is 34.1 Å². The van der Waals surface area contributed by atoms with E-state index in [-0.39, 0.29) is 18.4 Å². The molecule has 2 N–H and O–H groups in total. The van der Waals surface area contributed by atoms with Crippen molar-refractivity contribution in [2.24, 2.45) is 0 Å². The van der Waals surface area contributed by atoms with E-state index in [4.69, 9.17) is 4.74 Å². The van der Waals surface area contributed by atoms with Crippen LogP contribution in [-0.2, 0) is 22.4 Å². The molecule has 1 amide bonds. The second-order valence-electron chi connectivity index (χ2n) is 4.38. The van der Waals surface area contributed by atoms with Gasteiger partial charge >= 0.3 is 5.97 Å². The van der Waals surface area contributed by atoms with Gasteiger partial charge in [-0.3, -0.25) is 4.79 Å². The minimum absolute atomic E-state index is 0.132. The number of esters is 1. The molecule has 0 saturated carbocycles. The normalized spacial score (nSPS) is 13.2. The van der Waals surface area contributed by atoms with Crippen molar-refractivity contribution in [3.63, 3.8) is 0 Å². The quantitative estimate of drug-likeness (QED) is 0.805. The average Bonchev–Trinajstić information content (AvgIpc) is 2.95. The number of carbonyl (C=O) groups is 2. The van der Waals surface area contributed by atoms with Gasteiger partial charge < -0.3 is 15.4 Å². The molecule has 1 aliphatic rings. The van der Waals surface area contributed by atoms with Gasteiger partial charge in [0.15, 0.2) is 0 Å². The molecule has 0 fully saturated rings. The number of rotatable bonds is 5. The highest BCUT2D eigenvalue weighted by atomic mass is 32.1. The van der Waals surface area contributed by atoms with Crippen molar-refractivity contribution < 1.29 is 14.3 Å². The van der Waals surface area contributed by atoms with E-state index in [0.29, 0.717) is 10.6 Å². The molecule has 0 aromatic carbocycles. The fourth-order valence-corrected chi connectivity index (χ4v) is 3.51. The van der Waals surface area contributed by atoms with Gasteiger partial charge in [0.25, 0.3) is 0 Å². The van der Waals surface area contributed by atoms with Gasteiger partial charge in [0.1, 0.15) is 5.00 Å². The van der Waals surface area contributed by atoms with E-state index in [0.717, 1.165) is 31.4 Å². The summed E-state index contributed by atoms with van der Waals surface area (Å²) in [4.78, 5) is 24.8. The molecule has 0 spiro atoms. The number of nitrogens with one attached hydrogen (secondary N) is 2. The van der Waals surface area contributed by atoms with E-state index in [1.807, 2.05) is 6.92 Å². The summed E-state index contributed by atoms with van der Waals surface area (Å²) >= 11 is 1.49. The molecule has 19 heavy (non-hydrogen) atoms. The summed E-state index contributed by atoms with van der Waals surface area (Å²) in [6.45, 7) is 2.92. The van der Waals surface area contributed by atoms with Gasteiger partial charge in [-0.15, -0.1) is 11.3 Å². The largest absolute Gasteiger partial charge is 0.465 e. The lowest BCUT2D eigenvalue weighted by molar-refractivity contribution is -0.115. The molecule has 0 atom stereocenters. The number of fused-ring (bicyclic) bond motifs is 1. The molecule has 6 heteroatoms. The lowest BCUT2D eigenvalue weighted by Crippen LogP contribution is -2.28. The maximum absolute atomic E-state index is 11.9. The van der Waals surface area contributed by atoms with E-state index in [1.54, 1.807) is 0 Å². The lowest BCUT2D eigenvalue weighted by atomic mass is 10.1. The fraction of sp³-hybridized carbons (Fsp3) is 0.538. The Balaban J connectivity index is 2.20. The van der Waals surface area contributed by atoms with E-state index in [1.165, 1.54) is 23.3 Å². The first-order chi connectivity index (χ1) is 9.17. The second-order valence-corrected chi connectivity index (χ2v) is 5.49. The predicted molar refractivity (Wildman–Crippen MR) is 74.9 cm³/mol. The monoisotopic (exact) mass is 282 g/mol. The number of methoxy groups -OCH3 is 1. The molecule has 5 nitrogen and oxygen atoms in total. The Bertz CT molecular complexity index is 496. The third-order valence-corrected chi connectivity index (χ3v) is 4.31. The maximum atomic E-state index is 11.9. The van der Waals surface area contributed by atoms with Gasteiger partial charge in [0.05, 0.1) is 19.2 Å². The fourth-order valence-electron chi connectivity index (χ4n) is 2.22. The van der Waals surface area contributed by atoms with Crippen LogP contribution in [0.15, 0.2) is 0 Å². The molecule has 1 aliphatic carbocycles. The number of likely N-dealkylation sites (N-methyl/N-ethyl adjacent to an activating group) is 1. The van der Waals surface area contributed by atoms with Gasteiger partial charge in [0, 0.05) is 4.88 Å². The maximum Gasteiger partial charge on any atom is 0.341 e. The summed E-state index contributed by atoms with van der Waals surface area (Å²) < 4.78 is 4.82.